The summed E-state index contributed by atoms with van der Waals surface area (Å²) in [6.07, 6.45) is 5.89. The fourth-order valence-electron chi connectivity index (χ4n) is 3.51. The van der Waals surface area contributed by atoms with E-state index < -0.39 is 0 Å². The molecule has 1 aromatic rings. The fourth-order valence-corrected chi connectivity index (χ4v) is 3.51. The van der Waals surface area contributed by atoms with Crippen molar-refractivity contribution in [1.82, 2.24) is 15.0 Å². The Morgan fingerprint density at radius 2 is 2.00 bits per heavy atom. The molecule has 2 heterocycles. The Kier molecular flexibility index (Phi) is 4.57. The highest BCUT2D eigenvalue weighted by Gasteiger charge is 2.39. The summed E-state index contributed by atoms with van der Waals surface area (Å²) < 4.78 is 10.9. The predicted octanol–water partition coefficient (Wildman–Crippen LogP) is 1.62. The fraction of sp³-hybridized carbons (Fsp3) is 0.867. The van der Waals surface area contributed by atoms with Crippen molar-refractivity contribution < 1.29 is 9.26 Å². The Hall–Kier alpha value is -0.980. The molecule has 0 amide bonds. The maximum absolute atomic E-state index is 6.25. The standard InChI is InChI=1S/C15H26N4O2/c1-2-15(5-3-4-6-15)14-17-13(18-21-14)12(16)11-19-7-9-20-10-8-19/h12H,2-11,16H2,1H3. The molecule has 1 unspecified atom stereocenters. The van der Waals surface area contributed by atoms with Gasteiger partial charge in [-0.1, -0.05) is 24.9 Å². The van der Waals surface area contributed by atoms with Gasteiger partial charge in [-0.25, -0.2) is 0 Å². The Balaban J connectivity index is 1.66. The van der Waals surface area contributed by atoms with Gasteiger partial charge in [-0.2, -0.15) is 4.98 Å². The van der Waals surface area contributed by atoms with Crippen LogP contribution in [0, 0.1) is 0 Å². The molecule has 1 aliphatic heterocycles. The molecule has 1 aliphatic carbocycles. The number of hydrogen-bond donors (Lipinski definition) is 1. The van der Waals surface area contributed by atoms with Crippen LogP contribution in [-0.4, -0.2) is 47.9 Å². The van der Waals surface area contributed by atoms with Crippen LogP contribution in [-0.2, 0) is 10.2 Å². The number of nitrogens with two attached hydrogens (primary N) is 1. The lowest BCUT2D eigenvalue weighted by Gasteiger charge is -2.28. The SMILES string of the molecule is CCC1(c2nc(C(N)CN3CCOCC3)no2)CCCC1. The van der Waals surface area contributed by atoms with Crippen molar-refractivity contribution in [2.75, 3.05) is 32.8 Å². The molecule has 0 aromatic carbocycles. The first-order valence-electron chi connectivity index (χ1n) is 8.13. The molecule has 2 aliphatic rings. The average molecular weight is 294 g/mol. The van der Waals surface area contributed by atoms with Crippen molar-refractivity contribution in [3.8, 4) is 0 Å². The number of aromatic nitrogens is 2. The van der Waals surface area contributed by atoms with E-state index in [9.17, 15) is 0 Å². The largest absolute Gasteiger partial charge is 0.379 e. The van der Waals surface area contributed by atoms with Gasteiger partial charge < -0.3 is 15.0 Å². The molecule has 6 heteroatoms. The van der Waals surface area contributed by atoms with E-state index in [2.05, 4.69) is 22.0 Å². The van der Waals surface area contributed by atoms with E-state index in [1.807, 2.05) is 0 Å². The number of hydrogen-bond acceptors (Lipinski definition) is 6. The van der Waals surface area contributed by atoms with Crippen molar-refractivity contribution in [3.63, 3.8) is 0 Å². The van der Waals surface area contributed by atoms with Gasteiger partial charge in [0.15, 0.2) is 5.82 Å². The molecule has 0 bridgehead atoms. The van der Waals surface area contributed by atoms with Gasteiger partial charge in [0, 0.05) is 25.0 Å². The summed E-state index contributed by atoms with van der Waals surface area (Å²) in [6, 6.07) is -0.184. The maximum atomic E-state index is 6.25. The van der Waals surface area contributed by atoms with Crippen molar-refractivity contribution in [1.29, 1.82) is 0 Å². The van der Waals surface area contributed by atoms with Crippen LogP contribution in [0.1, 0.15) is 56.8 Å². The molecular weight excluding hydrogens is 268 g/mol. The molecule has 0 radical (unpaired) electrons. The second kappa shape index (κ2) is 6.42. The first-order chi connectivity index (χ1) is 10.2. The molecule has 2 N–H and O–H groups in total. The van der Waals surface area contributed by atoms with E-state index >= 15 is 0 Å². The first-order valence-corrected chi connectivity index (χ1v) is 8.13. The van der Waals surface area contributed by atoms with Crippen LogP contribution in [0.2, 0.25) is 0 Å². The highest BCUT2D eigenvalue weighted by atomic mass is 16.5. The zero-order chi connectivity index (χ0) is 14.7. The van der Waals surface area contributed by atoms with Crippen LogP contribution in [0.4, 0.5) is 0 Å². The predicted molar refractivity (Wildman–Crippen MR) is 78.9 cm³/mol. The summed E-state index contributed by atoms with van der Waals surface area (Å²) >= 11 is 0. The summed E-state index contributed by atoms with van der Waals surface area (Å²) in [5.74, 6) is 1.45. The van der Waals surface area contributed by atoms with E-state index in [1.54, 1.807) is 0 Å². The molecule has 2 fully saturated rings. The minimum Gasteiger partial charge on any atom is -0.379 e. The Bertz CT molecular complexity index is 450. The Morgan fingerprint density at radius 1 is 1.29 bits per heavy atom. The highest BCUT2D eigenvalue weighted by Crippen LogP contribution is 2.42. The van der Waals surface area contributed by atoms with Crippen LogP contribution in [0.25, 0.3) is 0 Å². The van der Waals surface area contributed by atoms with Gasteiger partial charge in [0.05, 0.1) is 19.3 Å². The van der Waals surface area contributed by atoms with E-state index in [-0.39, 0.29) is 11.5 Å². The molecule has 21 heavy (non-hydrogen) atoms. The van der Waals surface area contributed by atoms with Gasteiger partial charge in [-0.15, -0.1) is 0 Å². The van der Waals surface area contributed by atoms with Crippen LogP contribution in [0.5, 0.6) is 0 Å². The van der Waals surface area contributed by atoms with Gasteiger partial charge in [0.1, 0.15) is 0 Å². The molecule has 1 saturated heterocycles. The highest BCUT2D eigenvalue weighted by molar-refractivity contribution is 5.09. The lowest BCUT2D eigenvalue weighted by Crippen LogP contribution is -2.40. The van der Waals surface area contributed by atoms with E-state index in [0.717, 1.165) is 58.0 Å². The zero-order valence-electron chi connectivity index (χ0n) is 12.9. The van der Waals surface area contributed by atoms with E-state index in [0.29, 0.717) is 5.82 Å². The van der Waals surface area contributed by atoms with Gasteiger partial charge in [0.25, 0.3) is 0 Å². The number of ether oxygens (including phenoxy) is 1. The molecule has 1 saturated carbocycles. The maximum Gasteiger partial charge on any atom is 0.232 e. The molecule has 0 spiro atoms. The van der Waals surface area contributed by atoms with E-state index in [1.165, 1.54) is 12.8 Å². The second-order valence-corrected chi connectivity index (χ2v) is 6.32. The Morgan fingerprint density at radius 3 is 2.67 bits per heavy atom. The third-order valence-electron chi connectivity index (χ3n) is 5.02. The van der Waals surface area contributed by atoms with Gasteiger partial charge >= 0.3 is 0 Å². The smallest absolute Gasteiger partial charge is 0.232 e. The van der Waals surface area contributed by atoms with Crippen LogP contribution in [0.3, 0.4) is 0 Å². The second-order valence-electron chi connectivity index (χ2n) is 6.32. The summed E-state index contributed by atoms with van der Waals surface area (Å²) in [7, 11) is 0. The molecule has 6 nitrogen and oxygen atoms in total. The molecule has 3 rings (SSSR count). The zero-order valence-corrected chi connectivity index (χ0v) is 12.9. The minimum absolute atomic E-state index is 0.101. The number of rotatable bonds is 5. The Labute approximate surface area is 126 Å². The quantitative estimate of drug-likeness (QED) is 0.889. The summed E-state index contributed by atoms with van der Waals surface area (Å²) in [5.41, 5.74) is 6.36. The van der Waals surface area contributed by atoms with Gasteiger partial charge in [-0.3, -0.25) is 4.90 Å². The summed E-state index contributed by atoms with van der Waals surface area (Å²) in [4.78, 5) is 6.94. The summed E-state index contributed by atoms with van der Waals surface area (Å²) in [6.45, 7) is 6.39. The third-order valence-corrected chi connectivity index (χ3v) is 5.02. The van der Waals surface area contributed by atoms with Crippen molar-refractivity contribution >= 4 is 0 Å². The molecular formula is C15H26N4O2. The normalized spacial score (nSPS) is 24.3. The molecule has 1 aromatic heterocycles. The number of morpholine rings is 1. The minimum atomic E-state index is -0.184. The third kappa shape index (κ3) is 3.12. The lowest BCUT2D eigenvalue weighted by atomic mass is 9.83. The van der Waals surface area contributed by atoms with Crippen LogP contribution in [0.15, 0.2) is 4.52 Å². The number of nitrogens with zero attached hydrogens (tertiary/aromatic N) is 3. The van der Waals surface area contributed by atoms with Crippen LogP contribution < -0.4 is 5.73 Å². The monoisotopic (exact) mass is 294 g/mol. The topological polar surface area (TPSA) is 77.4 Å². The lowest BCUT2D eigenvalue weighted by molar-refractivity contribution is 0.0348. The average Bonchev–Trinajstić information content (AvgIpc) is 3.18. The van der Waals surface area contributed by atoms with Crippen molar-refractivity contribution in [3.05, 3.63) is 11.7 Å². The van der Waals surface area contributed by atoms with Crippen molar-refractivity contribution in [2.45, 2.75) is 50.5 Å². The molecule has 118 valence electrons. The summed E-state index contributed by atoms with van der Waals surface area (Å²) in [5, 5.41) is 4.15. The molecule has 1 atom stereocenters. The van der Waals surface area contributed by atoms with Gasteiger partial charge in [0.2, 0.25) is 5.89 Å². The van der Waals surface area contributed by atoms with Crippen LogP contribution >= 0.6 is 0 Å². The van der Waals surface area contributed by atoms with Crippen molar-refractivity contribution in [2.24, 2.45) is 5.73 Å². The van der Waals surface area contributed by atoms with Gasteiger partial charge in [-0.05, 0) is 19.3 Å². The first kappa shape index (κ1) is 14.9. The van der Waals surface area contributed by atoms with E-state index in [4.69, 9.17) is 15.0 Å².